The van der Waals surface area contributed by atoms with Gasteiger partial charge in [-0.25, -0.2) is 0 Å². The van der Waals surface area contributed by atoms with Gasteiger partial charge in [0.1, 0.15) is 11.7 Å². The second-order valence-electron chi connectivity index (χ2n) is 7.37. The molecule has 0 amide bonds. The van der Waals surface area contributed by atoms with Crippen molar-refractivity contribution >= 4 is 0 Å². The molecule has 2 aliphatic carbocycles. The van der Waals surface area contributed by atoms with Crippen molar-refractivity contribution in [1.29, 1.82) is 0 Å². The third-order valence-electron chi connectivity index (χ3n) is 6.55. The van der Waals surface area contributed by atoms with E-state index in [1.807, 2.05) is 6.92 Å². The van der Waals surface area contributed by atoms with Crippen molar-refractivity contribution in [2.75, 3.05) is 13.2 Å². The molecule has 2 heterocycles. The Morgan fingerprint density at radius 3 is 2.80 bits per heavy atom. The number of allylic oxidation sites excluding steroid dienone is 1. The molecule has 3 fully saturated rings. The summed E-state index contributed by atoms with van der Waals surface area (Å²) in [6.07, 6.45) is 2.71. The molecule has 0 aromatic heterocycles. The van der Waals surface area contributed by atoms with E-state index < -0.39 is 22.9 Å². The summed E-state index contributed by atoms with van der Waals surface area (Å²) in [7, 11) is 0. The number of fused-ring (bicyclic) bond motifs is 1. The van der Waals surface area contributed by atoms with Crippen LogP contribution in [0, 0.1) is 10.8 Å². The van der Waals surface area contributed by atoms with Gasteiger partial charge in [0, 0.05) is 17.3 Å². The maximum atomic E-state index is 11.0. The molecule has 5 heteroatoms. The summed E-state index contributed by atoms with van der Waals surface area (Å²) in [5, 5.41) is 32.0. The van der Waals surface area contributed by atoms with Crippen molar-refractivity contribution in [2.45, 2.75) is 56.7 Å². The van der Waals surface area contributed by atoms with Crippen LogP contribution in [0.2, 0.25) is 0 Å². The minimum absolute atomic E-state index is 0.0343. The molecule has 1 saturated carbocycles. The molecule has 20 heavy (non-hydrogen) atoms. The lowest BCUT2D eigenvalue weighted by molar-refractivity contribution is -0.303. The Kier molecular flexibility index (Phi) is 2.29. The zero-order valence-corrected chi connectivity index (χ0v) is 11.9. The van der Waals surface area contributed by atoms with Gasteiger partial charge in [0.05, 0.1) is 19.3 Å². The number of hydrogen-bond acceptors (Lipinski definition) is 5. The Balaban J connectivity index is 1.90. The summed E-state index contributed by atoms with van der Waals surface area (Å²) < 4.78 is 11.5. The van der Waals surface area contributed by atoms with Crippen LogP contribution < -0.4 is 0 Å². The average molecular weight is 282 g/mol. The first kappa shape index (κ1) is 13.2. The molecule has 1 unspecified atom stereocenters. The van der Waals surface area contributed by atoms with Gasteiger partial charge in [-0.3, -0.25) is 0 Å². The summed E-state index contributed by atoms with van der Waals surface area (Å²) >= 11 is 0. The second kappa shape index (κ2) is 3.47. The molecule has 0 aromatic rings. The lowest BCUT2D eigenvalue weighted by Gasteiger charge is -2.61. The zero-order chi connectivity index (χ0) is 14.4. The average Bonchev–Trinajstić information content (AvgIpc) is 2.55. The van der Waals surface area contributed by atoms with E-state index in [4.69, 9.17) is 9.47 Å². The van der Waals surface area contributed by atoms with Crippen LogP contribution in [0.25, 0.3) is 0 Å². The van der Waals surface area contributed by atoms with Crippen molar-refractivity contribution in [3.8, 4) is 0 Å². The van der Waals surface area contributed by atoms with Gasteiger partial charge in [-0.2, -0.15) is 0 Å². The summed E-state index contributed by atoms with van der Waals surface area (Å²) in [5.41, 5.74) is -1.14. The molecule has 4 aliphatic rings. The highest BCUT2D eigenvalue weighted by atomic mass is 16.6. The third kappa shape index (κ3) is 1.15. The number of rotatable bonds is 0. The van der Waals surface area contributed by atoms with E-state index >= 15 is 0 Å². The van der Waals surface area contributed by atoms with Gasteiger partial charge in [0.15, 0.2) is 5.79 Å². The molecule has 0 aromatic carbocycles. The van der Waals surface area contributed by atoms with Crippen LogP contribution >= 0.6 is 0 Å². The molecular weight excluding hydrogens is 260 g/mol. The van der Waals surface area contributed by atoms with Gasteiger partial charge < -0.3 is 24.8 Å². The molecule has 1 spiro atoms. The van der Waals surface area contributed by atoms with E-state index in [9.17, 15) is 15.3 Å². The molecule has 5 nitrogen and oxygen atoms in total. The van der Waals surface area contributed by atoms with E-state index in [1.165, 1.54) is 5.57 Å². The smallest absolute Gasteiger partial charge is 0.195 e. The standard InChI is InChI=1S/C15H22O5/c1-9-3-4-13-7-20-15(18)6-12(13,2)14(17,11(15)16)8-19-10(13)5-9/h5,10-11,16-18H,3-4,6-8H2,1-2H3/t10?,11-,12+,13+,14-,15+/m0/s1. The summed E-state index contributed by atoms with van der Waals surface area (Å²) in [6, 6.07) is 0. The van der Waals surface area contributed by atoms with E-state index in [0.29, 0.717) is 6.61 Å². The Bertz CT molecular complexity index is 504. The first-order valence-electron chi connectivity index (χ1n) is 7.33. The summed E-state index contributed by atoms with van der Waals surface area (Å²) in [6.45, 7) is 4.41. The molecule has 112 valence electrons. The van der Waals surface area contributed by atoms with Crippen molar-refractivity contribution in [2.24, 2.45) is 10.8 Å². The van der Waals surface area contributed by atoms with Crippen LogP contribution in [0.3, 0.4) is 0 Å². The largest absolute Gasteiger partial charge is 0.384 e. The molecule has 6 atom stereocenters. The minimum Gasteiger partial charge on any atom is -0.384 e. The Labute approximate surface area is 118 Å². The van der Waals surface area contributed by atoms with Crippen LogP contribution in [0.15, 0.2) is 11.6 Å². The highest BCUT2D eigenvalue weighted by Crippen LogP contribution is 2.69. The lowest BCUT2D eigenvalue weighted by Crippen LogP contribution is -2.68. The first-order valence-corrected chi connectivity index (χ1v) is 7.33. The molecule has 3 N–H and O–H groups in total. The third-order valence-corrected chi connectivity index (χ3v) is 6.55. The molecule has 0 radical (unpaired) electrons. The predicted molar refractivity (Wildman–Crippen MR) is 69.7 cm³/mol. The van der Waals surface area contributed by atoms with Crippen LogP contribution in [0.1, 0.15) is 33.1 Å². The second-order valence-corrected chi connectivity index (χ2v) is 7.37. The van der Waals surface area contributed by atoms with E-state index in [2.05, 4.69) is 13.0 Å². The molecule has 2 bridgehead atoms. The van der Waals surface area contributed by atoms with Crippen molar-refractivity contribution in [3.05, 3.63) is 11.6 Å². The predicted octanol–water partition coefficient (Wildman–Crippen LogP) is 0.332. The number of aliphatic hydroxyl groups is 3. The number of aliphatic hydroxyl groups excluding tert-OH is 1. The fourth-order valence-electron chi connectivity index (χ4n) is 5.05. The van der Waals surface area contributed by atoms with Gasteiger partial charge in [-0.05, 0) is 19.8 Å². The van der Waals surface area contributed by atoms with E-state index in [1.54, 1.807) is 0 Å². The molecular formula is C15H22O5. The Hall–Kier alpha value is -0.460. The van der Waals surface area contributed by atoms with Crippen LogP contribution in [0.5, 0.6) is 0 Å². The van der Waals surface area contributed by atoms with Crippen molar-refractivity contribution < 1.29 is 24.8 Å². The highest BCUT2D eigenvalue weighted by molar-refractivity contribution is 5.30. The molecule has 2 aliphatic heterocycles. The van der Waals surface area contributed by atoms with Gasteiger partial charge in [-0.15, -0.1) is 0 Å². The molecule has 4 rings (SSSR count). The van der Waals surface area contributed by atoms with Gasteiger partial charge in [0.2, 0.25) is 0 Å². The normalized spacial score (nSPS) is 61.0. The fraction of sp³-hybridized carbons (Fsp3) is 0.867. The maximum Gasteiger partial charge on any atom is 0.195 e. The first-order chi connectivity index (χ1) is 9.28. The Morgan fingerprint density at radius 1 is 1.30 bits per heavy atom. The van der Waals surface area contributed by atoms with E-state index in [-0.39, 0.29) is 24.5 Å². The lowest BCUT2D eigenvalue weighted by atomic mass is 9.50. The van der Waals surface area contributed by atoms with Gasteiger partial charge >= 0.3 is 0 Å². The summed E-state index contributed by atoms with van der Waals surface area (Å²) in [5.74, 6) is -1.65. The number of ether oxygens (including phenoxy) is 2. The zero-order valence-electron chi connectivity index (χ0n) is 11.9. The minimum atomic E-state index is -1.65. The topological polar surface area (TPSA) is 79.2 Å². The molecule has 2 saturated heterocycles. The van der Waals surface area contributed by atoms with Crippen molar-refractivity contribution in [1.82, 2.24) is 0 Å². The fourth-order valence-corrected chi connectivity index (χ4v) is 5.05. The van der Waals surface area contributed by atoms with Gasteiger partial charge in [-0.1, -0.05) is 18.6 Å². The van der Waals surface area contributed by atoms with Crippen molar-refractivity contribution in [3.63, 3.8) is 0 Å². The number of hydrogen-bond donors (Lipinski definition) is 3. The van der Waals surface area contributed by atoms with Crippen LogP contribution in [-0.4, -0.2) is 52.1 Å². The Morgan fingerprint density at radius 2 is 2.05 bits per heavy atom. The quantitative estimate of drug-likeness (QED) is 0.558. The van der Waals surface area contributed by atoms with E-state index in [0.717, 1.165) is 12.8 Å². The van der Waals surface area contributed by atoms with Gasteiger partial charge in [0.25, 0.3) is 0 Å². The maximum absolute atomic E-state index is 11.0. The summed E-state index contributed by atoms with van der Waals surface area (Å²) in [4.78, 5) is 0. The monoisotopic (exact) mass is 282 g/mol. The SMILES string of the molecule is CC1=CC2OC[C@]3(O)[C@H](O)[C@@]4(O)C[C@]3(C)[C@]2(CC1)CO4. The highest BCUT2D eigenvalue weighted by Gasteiger charge is 2.80. The van der Waals surface area contributed by atoms with Crippen LogP contribution in [0.4, 0.5) is 0 Å². The van der Waals surface area contributed by atoms with Crippen LogP contribution in [-0.2, 0) is 9.47 Å².